The second-order valence-corrected chi connectivity index (χ2v) is 3.85. The van der Waals surface area contributed by atoms with Gasteiger partial charge in [-0.2, -0.15) is 0 Å². The second kappa shape index (κ2) is 3.29. The molecule has 70 valence electrons. The van der Waals surface area contributed by atoms with Gasteiger partial charge in [-0.3, -0.25) is 0 Å². The first-order chi connectivity index (χ1) is 6.25. The zero-order valence-corrected chi connectivity index (χ0v) is 7.86. The summed E-state index contributed by atoms with van der Waals surface area (Å²) in [4.78, 5) is 0. The number of nitrogens with two attached hydrogens (primary N) is 1. The molecule has 2 unspecified atom stereocenters. The molecule has 2 atom stereocenters. The van der Waals surface area contributed by atoms with Crippen molar-refractivity contribution in [1.82, 2.24) is 0 Å². The number of hydrogen-bond donors (Lipinski definition) is 1. The largest absolute Gasteiger partial charge is 0.493 e. The van der Waals surface area contributed by atoms with Crippen molar-refractivity contribution >= 4 is 5.69 Å². The predicted octanol–water partition coefficient (Wildman–Crippen LogP) is 2.30. The van der Waals surface area contributed by atoms with Crippen LogP contribution in [0.1, 0.15) is 13.3 Å². The molecule has 0 spiro atoms. The van der Waals surface area contributed by atoms with E-state index >= 15 is 0 Å². The van der Waals surface area contributed by atoms with Gasteiger partial charge in [0.25, 0.3) is 0 Å². The van der Waals surface area contributed by atoms with Crippen LogP contribution in [0.5, 0.6) is 5.75 Å². The summed E-state index contributed by atoms with van der Waals surface area (Å²) in [7, 11) is 0. The number of benzene rings is 1. The lowest BCUT2D eigenvalue weighted by atomic mass is 10.3. The van der Waals surface area contributed by atoms with Crippen molar-refractivity contribution in [3.05, 3.63) is 24.3 Å². The maximum Gasteiger partial charge on any atom is 0.119 e. The third-order valence-electron chi connectivity index (χ3n) is 2.62. The molecular weight excluding hydrogens is 162 g/mol. The summed E-state index contributed by atoms with van der Waals surface area (Å²) < 4.78 is 5.60. The van der Waals surface area contributed by atoms with Gasteiger partial charge in [-0.15, -0.1) is 0 Å². The topological polar surface area (TPSA) is 35.2 Å². The number of ether oxygens (including phenoxy) is 1. The van der Waals surface area contributed by atoms with E-state index in [2.05, 4.69) is 6.92 Å². The molecule has 2 N–H and O–H groups in total. The molecule has 1 aliphatic carbocycles. The van der Waals surface area contributed by atoms with E-state index in [9.17, 15) is 0 Å². The highest BCUT2D eigenvalue weighted by molar-refractivity contribution is 5.41. The monoisotopic (exact) mass is 177 g/mol. The zero-order chi connectivity index (χ0) is 9.26. The Bertz CT molecular complexity index is 281. The fraction of sp³-hybridized carbons (Fsp3) is 0.455. The van der Waals surface area contributed by atoms with E-state index in [0.717, 1.165) is 29.9 Å². The van der Waals surface area contributed by atoms with Crippen molar-refractivity contribution in [2.45, 2.75) is 13.3 Å². The third kappa shape index (κ3) is 2.14. The molecule has 1 aromatic carbocycles. The van der Waals surface area contributed by atoms with Gasteiger partial charge in [0.05, 0.1) is 6.61 Å². The van der Waals surface area contributed by atoms with Crippen LogP contribution in [0.15, 0.2) is 24.3 Å². The molecule has 1 saturated carbocycles. The molecule has 2 nitrogen and oxygen atoms in total. The molecular formula is C11H15NO. The second-order valence-electron chi connectivity index (χ2n) is 3.85. The maximum absolute atomic E-state index is 5.60. The van der Waals surface area contributed by atoms with Gasteiger partial charge in [0, 0.05) is 5.69 Å². The minimum absolute atomic E-state index is 0.776. The predicted molar refractivity (Wildman–Crippen MR) is 53.6 cm³/mol. The van der Waals surface area contributed by atoms with Crippen LogP contribution < -0.4 is 10.5 Å². The van der Waals surface area contributed by atoms with Gasteiger partial charge in [0.15, 0.2) is 0 Å². The average molecular weight is 177 g/mol. The van der Waals surface area contributed by atoms with E-state index in [1.54, 1.807) is 0 Å². The fourth-order valence-corrected chi connectivity index (χ4v) is 1.40. The highest BCUT2D eigenvalue weighted by Crippen LogP contribution is 2.37. The Labute approximate surface area is 78.7 Å². The summed E-state index contributed by atoms with van der Waals surface area (Å²) in [5.41, 5.74) is 6.35. The molecule has 0 amide bonds. The van der Waals surface area contributed by atoms with Crippen molar-refractivity contribution in [3.63, 3.8) is 0 Å². The molecule has 13 heavy (non-hydrogen) atoms. The van der Waals surface area contributed by atoms with E-state index in [1.807, 2.05) is 24.3 Å². The van der Waals surface area contributed by atoms with Crippen molar-refractivity contribution in [2.24, 2.45) is 11.8 Å². The molecule has 0 heterocycles. The van der Waals surface area contributed by atoms with Crippen molar-refractivity contribution in [1.29, 1.82) is 0 Å². The summed E-state index contributed by atoms with van der Waals surface area (Å²) in [5.74, 6) is 2.56. The molecule has 0 bridgehead atoms. The van der Waals surface area contributed by atoms with Gasteiger partial charge in [0.2, 0.25) is 0 Å². The summed E-state index contributed by atoms with van der Waals surface area (Å²) in [6.45, 7) is 3.11. The third-order valence-corrected chi connectivity index (χ3v) is 2.62. The molecule has 1 aliphatic rings. The lowest BCUT2D eigenvalue weighted by Gasteiger charge is -2.04. The van der Waals surface area contributed by atoms with Crippen molar-refractivity contribution < 1.29 is 4.74 Å². The van der Waals surface area contributed by atoms with Gasteiger partial charge >= 0.3 is 0 Å². The van der Waals surface area contributed by atoms with Crippen LogP contribution in [-0.4, -0.2) is 6.61 Å². The summed E-state index contributed by atoms with van der Waals surface area (Å²) >= 11 is 0. The minimum Gasteiger partial charge on any atom is -0.493 e. The van der Waals surface area contributed by atoms with Crippen molar-refractivity contribution in [2.75, 3.05) is 12.3 Å². The highest BCUT2D eigenvalue weighted by Gasteiger charge is 2.32. The van der Waals surface area contributed by atoms with E-state index in [4.69, 9.17) is 10.5 Å². The first-order valence-electron chi connectivity index (χ1n) is 4.74. The summed E-state index contributed by atoms with van der Waals surface area (Å²) in [5, 5.41) is 0. The number of hydrogen-bond acceptors (Lipinski definition) is 2. The molecule has 2 rings (SSSR count). The standard InChI is InChI=1S/C11H15NO/c1-8-6-9(8)7-13-11-4-2-10(12)3-5-11/h2-5,8-9H,6-7,12H2,1H3. The fourth-order valence-electron chi connectivity index (χ4n) is 1.40. The summed E-state index contributed by atoms with van der Waals surface area (Å²) in [6, 6.07) is 7.57. The van der Waals surface area contributed by atoms with Gasteiger partial charge < -0.3 is 10.5 Å². The number of anilines is 1. The molecule has 0 radical (unpaired) electrons. The SMILES string of the molecule is CC1CC1COc1ccc(N)cc1. The van der Waals surface area contributed by atoms with E-state index < -0.39 is 0 Å². The van der Waals surface area contributed by atoms with E-state index in [-0.39, 0.29) is 0 Å². The van der Waals surface area contributed by atoms with Crippen LogP contribution in [0.2, 0.25) is 0 Å². The van der Waals surface area contributed by atoms with Gasteiger partial charge in [-0.1, -0.05) is 6.92 Å². The van der Waals surface area contributed by atoms with Crippen LogP contribution in [0.25, 0.3) is 0 Å². The smallest absolute Gasteiger partial charge is 0.119 e. The Morgan fingerprint density at radius 1 is 1.38 bits per heavy atom. The molecule has 1 aromatic rings. The summed E-state index contributed by atoms with van der Waals surface area (Å²) in [6.07, 6.45) is 1.31. The normalized spacial score (nSPS) is 25.6. The Kier molecular flexibility index (Phi) is 2.13. The van der Waals surface area contributed by atoms with Crippen LogP contribution in [-0.2, 0) is 0 Å². The Morgan fingerprint density at radius 2 is 2.00 bits per heavy atom. The molecule has 1 fully saturated rings. The van der Waals surface area contributed by atoms with Crippen molar-refractivity contribution in [3.8, 4) is 5.75 Å². The first-order valence-corrected chi connectivity index (χ1v) is 4.74. The van der Waals surface area contributed by atoms with Crippen LogP contribution in [0.3, 0.4) is 0 Å². The van der Waals surface area contributed by atoms with Crippen LogP contribution >= 0.6 is 0 Å². The average Bonchev–Trinajstić information content (AvgIpc) is 2.81. The Morgan fingerprint density at radius 3 is 2.54 bits per heavy atom. The molecule has 2 heteroatoms. The Hall–Kier alpha value is -1.18. The van der Waals surface area contributed by atoms with E-state index in [1.165, 1.54) is 6.42 Å². The van der Waals surface area contributed by atoms with Gasteiger partial charge in [-0.25, -0.2) is 0 Å². The maximum atomic E-state index is 5.60. The van der Waals surface area contributed by atoms with Crippen LogP contribution in [0, 0.1) is 11.8 Å². The number of rotatable bonds is 3. The minimum atomic E-state index is 0.776. The molecule has 0 aliphatic heterocycles. The lowest BCUT2D eigenvalue weighted by Crippen LogP contribution is -2.00. The lowest BCUT2D eigenvalue weighted by molar-refractivity contribution is 0.293. The number of nitrogen functional groups attached to an aromatic ring is 1. The Balaban J connectivity index is 1.84. The quantitative estimate of drug-likeness (QED) is 0.719. The molecule has 0 aromatic heterocycles. The molecule has 0 saturated heterocycles. The first kappa shape index (κ1) is 8.42. The highest BCUT2D eigenvalue weighted by atomic mass is 16.5. The van der Waals surface area contributed by atoms with Gasteiger partial charge in [-0.05, 0) is 42.5 Å². The van der Waals surface area contributed by atoms with E-state index in [0.29, 0.717) is 0 Å². The van der Waals surface area contributed by atoms with Gasteiger partial charge in [0.1, 0.15) is 5.75 Å². The van der Waals surface area contributed by atoms with Crippen LogP contribution in [0.4, 0.5) is 5.69 Å². The zero-order valence-electron chi connectivity index (χ0n) is 7.86.